The number of thiophene rings is 1. The number of ether oxygens (including phenoxy) is 1. The monoisotopic (exact) mass is 368 g/mol. The number of carbonyl (C=O) groups excluding carboxylic acids is 1. The average Bonchev–Trinajstić information content (AvgIpc) is 3.35. The highest BCUT2D eigenvalue weighted by Gasteiger charge is 2.25. The van der Waals surface area contributed by atoms with E-state index in [1.165, 1.54) is 11.3 Å². The quantitative estimate of drug-likeness (QED) is 0.751. The molecule has 3 heterocycles. The number of nitrogens with one attached hydrogen (secondary N) is 1. The first-order chi connectivity index (χ1) is 12.7. The maximum atomic E-state index is 12.9. The topological polar surface area (TPSA) is 62.4 Å². The number of para-hydroxylation sites is 1. The number of H-pyrrole nitrogens is 1. The maximum Gasteiger partial charge on any atom is 0.264 e. The minimum Gasteiger partial charge on any atom is -0.376 e. The molecule has 1 aliphatic heterocycles. The highest BCUT2D eigenvalue weighted by molar-refractivity contribution is 7.12. The van der Waals surface area contributed by atoms with E-state index in [9.17, 15) is 9.59 Å². The number of benzene rings is 1. The standard InChI is InChI=1S/C20H20N2O3S/c23-19-15(11-14-5-1-2-7-17(14)21-19)12-22(13-16-6-3-9-25-16)20(24)18-8-4-10-26-18/h1-2,4-5,7-8,10-11,16H,3,6,9,12-13H2,(H,21,23)/t16-/m1/s1. The fraction of sp³-hybridized carbons (Fsp3) is 0.300. The molecule has 0 unspecified atom stereocenters. The lowest BCUT2D eigenvalue weighted by atomic mass is 10.1. The van der Waals surface area contributed by atoms with Crippen LogP contribution in [-0.4, -0.2) is 35.0 Å². The van der Waals surface area contributed by atoms with Crippen LogP contribution >= 0.6 is 11.3 Å². The first kappa shape index (κ1) is 17.0. The van der Waals surface area contributed by atoms with Gasteiger partial charge in [0, 0.05) is 24.2 Å². The largest absolute Gasteiger partial charge is 0.376 e. The van der Waals surface area contributed by atoms with Crippen LogP contribution in [0.2, 0.25) is 0 Å². The second-order valence-corrected chi connectivity index (χ2v) is 7.46. The summed E-state index contributed by atoms with van der Waals surface area (Å²) in [6.07, 6.45) is 2.00. The van der Waals surface area contributed by atoms with E-state index < -0.39 is 0 Å². The summed E-state index contributed by atoms with van der Waals surface area (Å²) in [5.74, 6) is -0.0527. The molecule has 6 heteroatoms. The number of aromatic amines is 1. The van der Waals surface area contributed by atoms with Crippen LogP contribution in [0.1, 0.15) is 28.1 Å². The molecular formula is C20H20N2O3S. The zero-order valence-corrected chi connectivity index (χ0v) is 15.1. The number of nitrogens with zero attached hydrogens (tertiary/aromatic N) is 1. The van der Waals surface area contributed by atoms with Crippen LogP contribution in [-0.2, 0) is 11.3 Å². The molecule has 1 atom stereocenters. The fourth-order valence-electron chi connectivity index (χ4n) is 3.33. The Bertz CT molecular complexity index is 959. The summed E-state index contributed by atoms with van der Waals surface area (Å²) in [6.45, 7) is 1.52. The van der Waals surface area contributed by atoms with E-state index in [0.717, 1.165) is 30.4 Å². The molecule has 2 aromatic heterocycles. The van der Waals surface area contributed by atoms with Crippen molar-refractivity contribution in [1.82, 2.24) is 9.88 Å². The SMILES string of the molecule is O=C(c1cccs1)N(Cc1cc2ccccc2[nH]c1=O)C[C@H]1CCCO1. The van der Waals surface area contributed by atoms with Crippen molar-refractivity contribution in [2.45, 2.75) is 25.5 Å². The molecule has 1 saturated heterocycles. The maximum absolute atomic E-state index is 12.9. The molecule has 5 nitrogen and oxygen atoms in total. The lowest BCUT2D eigenvalue weighted by molar-refractivity contribution is 0.0510. The van der Waals surface area contributed by atoms with Crippen molar-refractivity contribution in [3.63, 3.8) is 0 Å². The fourth-order valence-corrected chi connectivity index (χ4v) is 4.02. The number of pyridine rings is 1. The molecule has 0 spiro atoms. The molecule has 26 heavy (non-hydrogen) atoms. The lowest BCUT2D eigenvalue weighted by Gasteiger charge is -2.25. The Kier molecular flexibility index (Phi) is 4.86. The Morgan fingerprint density at radius 3 is 2.92 bits per heavy atom. The Morgan fingerprint density at radius 2 is 2.15 bits per heavy atom. The van der Waals surface area contributed by atoms with E-state index in [4.69, 9.17) is 4.74 Å². The first-order valence-corrected chi connectivity index (χ1v) is 9.64. The summed E-state index contributed by atoms with van der Waals surface area (Å²) in [5.41, 5.74) is 1.24. The van der Waals surface area contributed by atoms with Crippen LogP contribution in [0.15, 0.2) is 52.6 Å². The van der Waals surface area contributed by atoms with Crippen molar-refractivity contribution >= 4 is 28.1 Å². The summed E-state index contributed by atoms with van der Waals surface area (Å²) in [7, 11) is 0. The van der Waals surface area contributed by atoms with Gasteiger partial charge in [0.25, 0.3) is 11.5 Å². The minimum atomic E-state index is -0.153. The number of carbonyl (C=O) groups is 1. The van der Waals surface area contributed by atoms with Crippen molar-refractivity contribution in [1.29, 1.82) is 0 Å². The van der Waals surface area contributed by atoms with Crippen molar-refractivity contribution in [2.75, 3.05) is 13.2 Å². The molecule has 0 saturated carbocycles. The van der Waals surface area contributed by atoms with Crippen molar-refractivity contribution in [3.8, 4) is 0 Å². The lowest BCUT2D eigenvalue weighted by Crippen LogP contribution is -2.38. The average molecular weight is 368 g/mol. The molecule has 1 aromatic carbocycles. The van der Waals surface area contributed by atoms with Gasteiger partial charge in [-0.25, -0.2) is 0 Å². The number of rotatable bonds is 5. The highest BCUT2D eigenvalue weighted by Crippen LogP contribution is 2.19. The van der Waals surface area contributed by atoms with Gasteiger partial charge in [-0.15, -0.1) is 11.3 Å². The van der Waals surface area contributed by atoms with Crippen LogP contribution < -0.4 is 5.56 Å². The van der Waals surface area contributed by atoms with Crippen LogP contribution in [0.3, 0.4) is 0 Å². The van der Waals surface area contributed by atoms with Crippen molar-refractivity contribution in [2.24, 2.45) is 0 Å². The Balaban J connectivity index is 1.64. The number of hydrogen-bond acceptors (Lipinski definition) is 4. The van der Waals surface area contributed by atoms with Gasteiger partial charge in [0.15, 0.2) is 0 Å². The zero-order valence-electron chi connectivity index (χ0n) is 14.3. The highest BCUT2D eigenvalue weighted by atomic mass is 32.1. The van der Waals surface area contributed by atoms with Gasteiger partial charge in [0.2, 0.25) is 0 Å². The van der Waals surface area contributed by atoms with E-state index in [1.807, 2.05) is 47.8 Å². The molecule has 0 aliphatic carbocycles. The van der Waals surface area contributed by atoms with E-state index in [2.05, 4.69) is 4.98 Å². The van der Waals surface area contributed by atoms with Gasteiger partial charge in [-0.05, 0) is 41.8 Å². The van der Waals surface area contributed by atoms with Crippen molar-refractivity contribution < 1.29 is 9.53 Å². The summed E-state index contributed by atoms with van der Waals surface area (Å²) >= 11 is 1.42. The molecule has 4 rings (SSSR count). The van der Waals surface area contributed by atoms with Gasteiger partial charge in [0.1, 0.15) is 0 Å². The Morgan fingerprint density at radius 1 is 1.27 bits per heavy atom. The Hall–Kier alpha value is -2.44. The van der Waals surface area contributed by atoms with Gasteiger partial charge in [-0.3, -0.25) is 9.59 Å². The molecule has 134 valence electrons. The number of hydrogen-bond donors (Lipinski definition) is 1. The summed E-state index contributed by atoms with van der Waals surface area (Å²) in [4.78, 5) is 30.8. The third kappa shape index (κ3) is 3.57. The second kappa shape index (κ2) is 7.43. The van der Waals surface area contributed by atoms with Crippen LogP contribution in [0.25, 0.3) is 10.9 Å². The predicted molar refractivity (Wildman–Crippen MR) is 103 cm³/mol. The molecule has 1 N–H and O–H groups in total. The first-order valence-electron chi connectivity index (χ1n) is 8.76. The molecule has 1 aliphatic rings. The molecule has 1 fully saturated rings. The van der Waals surface area contributed by atoms with Crippen LogP contribution in [0.5, 0.6) is 0 Å². The summed E-state index contributed by atoms with van der Waals surface area (Å²) in [6, 6.07) is 13.2. The van der Waals surface area contributed by atoms with E-state index in [-0.39, 0.29) is 24.1 Å². The van der Waals surface area contributed by atoms with Crippen molar-refractivity contribution in [3.05, 3.63) is 68.6 Å². The van der Waals surface area contributed by atoms with Gasteiger partial charge < -0.3 is 14.6 Å². The number of amides is 1. The predicted octanol–water partition coefficient (Wildman–Crippen LogP) is 3.41. The molecule has 1 amide bonds. The second-order valence-electron chi connectivity index (χ2n) is 6.51. The van der Waals surface area contributed by atoms with Gasteiger partial charge in [-0.2, -0.15) is 0 Å². The van der Waals surface area contributed by atoms with Crippen LogP contribution in [0.4, 0.5) is 0 Å². The van der Waals surface area contributed by atoms with E-state index >= 15 is 0 Å². The molecular weight excluding hydrogens is 348 g/mol. The number of aromatic nitrogens is 1. The molecule has 0 radical (unpaired) electrons. The zero-order chi connectivity index (χ0) is 17.9. The van der Waals surface area contributed by atoms with Gasteiger partial charge >= 0.3 is 0 Å². The minimum absolute atomic E-state index is 0.0402. The summed E-state index contributed by atoms with van der Waals surface area (Å²) in [5, 5.41) is 2.85. The van der Waals surface area contributed by atoms with Crippen LogP contribution in [0, 0.1) is 0 Å². The van der Waals surface area contributed by atoms with E-state index in [1.54, 1.807) is 4.90 Å². The normalized spacial score (nSPS) is 16.8. The smallest absolute Gasteiger partial charge is 0.264 e. The number of fused-ring (bicyclic) bond motifs is 1. The van der Waals surface area contributed by atoms with Gasteiger partial charge in [0.05, 0.1) is 17.5 Å². The molecule has 0 bridgehead atoms. The van der Waals surface area contributed by atoms with Gasteiger partial charge in [-0.1, -0.05) is 24.3 Å². The van der Waals surface area contributed by atoms with E-state index in [0.29, 0.717) is 17.0 Å². The third-order valence-corrected chi connectivity index (χ3v) is 5.52. The third-order valence-electron chi connectivity index (χ3n) is 4.66. The summed E-state index contributed by atoms with van der Waals surface area (Å²) < 4.78 is 5.71. The Labute approximate surface area is 155 Å². The molecule has 3 aromatic rings.